The number of hydrogen-bond donors (Lipinski definition) is 2. The monoisotopic (exact) mass is 274 g/mol. The summed E-state index contributed by atoms with van der Waals surface area (Å²) in [6.07, 6.45) is 0.612. The van der Waals surface area contributed by atoms with Gasteiger partial charge >= 0.3 is 0 Å². The van der Waals surface area contributed by atoms with E-state index in [0.717, 1.165) is 5.56 Å². The van der Waals surface area contributed by atoms with E-state index in [1.54, 1.807) is 25.1 Å². The molecule has 0 heterocycles. The first-order chi connectivity index (χ1) is 7.89. The van der Waals surface area contributed by atoms with Crippen molar-refractivity contribution < 1.29 is 4.79 Å². The Morgan fingerprint density at radius 1 is 1.47 bits per heavy atom. The molecule has 0 spiro atoms. The molecule has 1 atom stereocenters. The molecule has 0 saturated heterocycles. The Morgan fingerprint density at radius 3 is 2.65 bits per heavy atom. The second-order valence-electron chi connectivity index (χ2n) is 4.14. The molecule has 0 aliphatic rings. The van der Waals surface area contributed by atoms with Gasteiger partial charge in [0.15, 0.2) is 0 Å². The number of primary amides is 1. The molecule has 1 aromatic carbocycles. The van der Waals surface area contributed by atoms with Gasteiger partial charge in [-0.3, -0.25) is 10.1 Å². The van der Waals surface area contributed by atoms with Crippen LogP contribution in [0.2, 0.25) is 10.0 Å². The van der Waals surface area contributed by atoms with Crippen molar-refractivity contribution in [1.29, 1.82) is 0 Å². The fourth-order valence-corrected chi connectivity index (χ4v) is 1.73. The van der Waals surface area contributed by atoms with Crippen molar-refractivity contribution in [1.82, 2.24) is 5.32 Å². The van der Waals surface area contributed by atoms with E-state index in [2.05, 4.69) is 5.32 Å². The topological polar surface area (TPSA) is 55.1 Å². The third kappa shape index (κ3) is 3.60. The zero-order chi connectivity index (χ0) is 13.1. The maximum absolute atomic E-state index is 11.3. The van der Waals surface area contributed by atoms with Gasteiger partial charge in [-0.15, -0.1) is 0 Å². The van der Waals surface area contributed by atoms with E-state index in [0.29, 0.717) is 23.0 Å². The molecule has 17 heavy (non-hydrogen) atoms. The van der Waals surface area contributed by atoms with Crippen LogP contribution in [0, 0.1) is 0 Å². The Labute approximate surface area is 111 Å². The third-order valence-electron chi connectivity index (χ3n) is 2.93. The summed E-state index contributed by atoms with van der Waals surface area (Å²) in [6.45, 7) is 4.12. The van der Waals surface area contributed by atoms with Crippen molar-refractivity contribution in [2.45, 2.75) is 32.4 Å². The molecule has 0 fully saturated rings. The first-order valence-corrected chi connectivity index (χ1v) is 6.13. The van der Waals surface area contributed by atoms with Gasteiger partial charge in [0.2, 0.25) is 5.91 Å². The minimum absolute atomic E-state index is 0.377. The highest BCUT2D eigenvalue weighted by Crippen LogP contribution is 2.21. The Hall–Kier alpha value is -0.770. The minimum atomic E-state index is -0.731. The van der Waals surface area contributed by atoms with Crippen LogP contribution in [0.4, 0.5) is 0 Å². The van der Waals surface area contributed by atoms with Gasteiger partial charge in [0.05, 0.1) is 5.54 Å². The second kappa shape index (κ2) is 5.71. The smallest absolute Gasteiger partial charge is 0.237 e. The number of carbonyl (C=O) groups is 1. The Bertz CT molecular complexity index is 423. The minimum Gasteiger partial charge on any atom is -0.368 e. The molecule has 0 aromatic heterocycles. The zero-order valence-corrected chi connectivity index (χ0v) is 11.4. The Balaban J connectivity index is 2.79. The number of carbonyl (C=O) groups excluding carboxylic acids is 1. The average Bonchev–Trinajstić information content (AvgIpc) is 2.29. The molecule has 5 heteroatoms. The molecule has 0 radical (unpaired) electrons. The van der Waals surface area contributed by atoms with E-state index in [1.165, 1.54) is 0 Å². The van der Waals surface area contributed by atoms with Crippen LogP contribution in [0.15, 0.2) is 18.2 Å². The lowest BCUT2D eigenvalue weighted by atomic mass is 9.97. The first kappa shape index (κ1) is 14.3. The molecular formula is C12H16Cl2N2O. The van der Waals surface area contributed by atoms with Crippen molar-refractivity contribution in [3.63, 3.8) is 0 Å². The van der Waals surface area contributed by atoms with Gasteiger partial charge in [0.1, 0.15) is 0 Å². The van der Waals surface area contributed by atoms with E-state index >= 15 is 0 Å². The average molecular weight is 275 g/mol. The van der Waals surface area contributed by atoms with Crippen molar-refractivity contribution in [2.24, 2.45) is 5.73 Å². The molecule has 0 saturated carbocycles. The van der Waals surface area contributed by atoms with Gasteiger partial charge in [-0.1, -0.05) is 30.1 Å². The SMILES string of the molecule is CCC(C)(NCc1cc(Cl)ccc1Cl)C(N)=O. The summed E-state index contributed by atoms with van der Waals surface area (Å²) >= 11 is 11.9. The molecular weight excluding hydrogens is 259 g/mol. The standard InChI is InChI=1S/C12H16Cl2N2O/c1-3-12(2,11(15)17)16-7-8-6-9(13)4-5-10(8)14/h4-6,16H,3,7H2,1-2H3,(H2,15,17). The first-order valence-electron chi connectivity index (χ1n) is 5.38. The predicted molar refractivity (Wildman–Crippen MR) is 71.2 cm³/mol. The van der Waals surface area contributed by atoms with Crippen LogP contribution < -0.4 is 11.1 Å². The molecule has 3 nitrogen and oxygen atoms in total. The summed E-state index contributed by atoms with van der Waals surface area (Å²) in [4.78, 5) is 11.3. The van der Waals surface area contributed by atoms with Gasteiger partial charge < -0.3 is 5.73 Å². The highest BCUT2D eigenvalue weighted by Gasteiger charge is 2.28. The summed E-state index contributed by atoms with van der Waals surface area (Å²) in [5.41, 5.74) is 5.47. The molecule has 0 bridgehead atoms. The van der Waals surface area contributed by atoms with Crippen LogP contribution in [0.25, 0.3) is 0 Å². The summed E-state index contributed by atoms with van der Waals surface area (Å²) < 4.78 is 0. The molecule has 1 aromatic rings. The lowest BCUT2D eigenvalue weighted by Crippen LogP contribution is -2.52. The molecule has 94 valence electrons. The van der Waals surface area contributed by atoms with Crippen molar-refractivity contribution in [2.75, 3.05) is 0 Å². The molecule has 1 unspecified atom stereocenters. The quantitative estimate of drug-likeness (QED) is 0.868. The van der Waals surface area contributed by atoms with Gasteiger partial charge in [0.25, 0.3) is 0 Å². The molecule has 1 amide bonds. The highest BCUT2D eigenvalue weighted by atomic mass is 35.5. The fraction of sp³-hybridized carbons (Fsp3) is 0.417. The number of halogens is 2. The zero-order valence-electron chi connectivity index (χ0n) is 9.89. The maximum atomic E-state index is 11.3. The van der Waals surface area contributed by atoms with Gasteiger partial charge in [-0.05, 0) is 37.1 Å². The number of amides is 1. The van der Waals surface area contributed by atoms with Crippen LogP contribution in [0.5, 0.6) is 0 Å². The molecule has 1 rings (SSSR count). The summed E-state index contributed by atoms with van der Waals surface area (Å²) in [5, 5.41) is 4.34. The molecule has 3 N–H and O–H groups in total. The van der Waals surface area contributed by atoms with Crippen molar-refractivity contribution >= 4 is 29.1 Å². The van der Waals surface area contributed by atoms with Crippen LogP contribution in [-0.2, 0) is 11.3 Å². The van der Waals surface area contributed by atoms with E-state index in [-0.39, 0.29) is 5.91 Å². The number of hydrogen-bond acceptors (Lipinski definition) is 2. The Kier molecular flexibility index (Phi) is 4.80. The van der Waals surface area contributed by atoms with E-state index in [4.69, 9.17) is 28.9 Å². The van der Waals surface area contributed by atoms with E-state index in [1.807, 2.05) is 6.92 Å². The van der Waals surface area contributed by atoms with Crippen LogP contribution >= 0.6 is 23.2 Å². The fourth-order valence-electron chi connectivity index (χ4n) is 1.36. The number of rotatable bonds is 5. The Morgan fingerprint density at radius 2 is 2.12 bits per heavy atom. The van der Waals surface area contributed by atoms with Gasteiger partial charge in [-0.2, -0.15) is 0 Å². The van der Waals surface area contributed by atoms with Crippen molar-refractivity contribution in [3.05, 3.63) is 33.8 Å². The highest BCUT2D eigenvalue weighted by molar-refractivity contribution is 6.33. The number of nitrogens with two attached hydrogens (primary N) is 1. The summed E-state index contributed by atoms with van der Waals surface area (Å²) in [7, 11) is 0. The number of benzene rings is 1. The third-order valence-corrected chi connectivity index (χ3v) is 3.53. The van der Waals surface area contributed by atoms with Crippen LogP contribution in [0.1, 0.15) is 25.8 Å². The molecule has 0 aliphatic heterocycles. The van der Waals surface area contributed by atoms with Crippen LogP contribution in [0.3, 0.4) is 0 Å². The largest absolute Gasteiger partial charge is 0.368 e. The normalized spacial score (nSPS) is 14.4. The predicted octanol–water partition coefficient (Wildman–Crippen LogP) is 2.74. The second-order valence-corrected chi connectivity index (χ2v) is 4.98. The van der Waals surface area contributed by atoms with Gasteiger partial charge in [-0.25, -0.2) is 0 Å². The molecule has 0 aliphatic carbocycles. The van der Waals surface area contributed by atoms with Gasteiger partial charge in [0, 0.05) is 16.6 Å². The lowest BCUT2D eigenvalue weighted by Gasteiger charge is -2.26. The number of nitrogens with one attached hydrogen (secondary N) is 1. The van der Waals surface area contributed by atoms with E-state index in [9.17, 15) is 4.79 Å². The van der Waals surface area contributed by atoms with E-state index < -0.39 is 5.54 Å². The van der Waals surface area contributed by atoms with Crippen molar-refractivity contribution in [3.8, 4) is 0 Å². The van der Waals surface area contributed by atoms with Crippen LogP contribution in [-0.4, -0.2) is 11.4 Å². The summed E-state index contributed by atoms with van der Waals surface area (Å²) in [5.74, 6) is -0.377. The lowest BCUT2D eigenvalue weighted by molar-refractivity contribution is -0.124. The maximum Gasteiger partial charge on any atom is 0.237 e. The summed E-state index contributed by atoms with van der Waals surface area (Å²) in [6, 6.07) is 5.23.